The minimum absolute atomic E-state index is 0.287. The zero-order valence-electron chi connectivity index (χ0n) is 15.6. The van der Waals surface area contributed by atoms with Gasteiger partial charge in [0.05, 0.1) is 1.37 Å². The van der Waals surface area contributed by atoms with E-state index in [2.05, 4.69) is 16.6 Å². The molecule has 3 aromatic rings. The van der Waals surface area contributed by atoms with E-state index in [9.17, 15) is 4.79 Å². The molecule has 2 heterocycles. The first kappa shape index (κ1) is 14.5. The number of rotatable bonds is 5. The van der Waals surface area contributed by atoms with Crippen molar-refractivity contribution in [3.8, 4) is 11.6 Å². The summed E-state index contributed by atoms with van der Waals surface area (Å²) in [5.74, 6) is 1.95. The van der Waals surface area contributed by atoms with Crippen molar-refractivity contribution in [3.05, 3.63) is 57.6 Å². The van der Waals surface area contributed by atoms with Gasteiger partial charge in [-0.25, -0.2) is 4.79 Å². The van der Waals surface area contributed by atoms with Gasteiger partial charge in [0.25, 0.3) is 0 Å². The number of hydrogen-bond acceptors (Lipinski definition) is 4. The average molecular weight is 341 g/mol. The summed E-state index contributed by atoms with van der Waals surface area (Å²) >= 11 is 0. The number of nitrogens with zero attached hydrogens (tertiary/aromatic N) is 5. The topological polar surface area (TPSA) is 66.9 Å². The zero-order chi connectivity index (χ0) is 18.4. The van der Waals surface area contributed by atoms with Crippen molar-refractivity contribution in [2.75, 3.05) is 0 Å². The number of benzene rings is 1. The van der Waals surface area contributed by atoms with Gasteiger partial charge in [0.15, 0.2) is 0 Å². The van der Waals surface area contributed by atoms with Crippen LogP contribution in [0, 0.1) is 6.92 Å². The van der Waals surface area contributed by atoms with E-state index in [0.29, 0.717) is 24.4 Å². The largest absolute Gasteiger partial charge is 0.488 e. The third kappa shape index (κ3) is 2.75. The van der Waals surface area contributed by atoms with Gasteiger partial charge in [-0.05, 0) is 53.3 Å². The van der Waals surface area contributed by atoms with Crippen molar-refractivity contribution in [2.24, 2.45) is 14.1 Å². The van der Waals surface area contributed by atoms with E-state index >= 15 is 0 Å². The van der Waals surface area contributed by atoms with Crippen LogP contribution in [0.2, 0.25) is 0 Å². The predicted octanol–water partition coefficient (Wildman–Crippen LogP) is 2.07. The van der Waals surface area contributed by atoms with Gasteiger partial charge in [-0.15, -0.1) is 4.68 Å². The quantitative estimate of drug-likeness (QED) is 0.712. The Bertz CT molecular complexity index is 1030. The fourth-order valence-electron chi connectivity index (χ4n) is 3.12. The Labute approximate surface area is 146 Å². The van der Waals surface area contributed by atoms with Crippen LogP contribution in [0.25, 0.3) is 5.82 Å². The molecule has 0 radical (unpaired) electrons. The maximum atomic E-state index is 12.4. The molecular weight excluding hydrogens is 318 g/mol. The summed E-state index contributed by atoms with van der Waals surface area (Å²) in [5, 5.41) is 7.83. The van der Waals surface area contributed by atoms with Gasteiger partial charge in [-0.1, -0.05) is 18.2 Å². The summed E-state index contributed by atoms with van der Waals surface area (Å²) in [6, 6.07) is 5.75. The van der Waals surface area contributed by atoms with Crippen molar-refractivity contribution < 1.29 is 6.11 Å². The monoisotopic (exact) mass is 341 g/mol. The molecule has 7 nitrogen and oxygen atoms in total. The van der Waals surface area contributed by atoms with Gasteiger partial charge >= 0.3 is 5.69 Å². The van der Waals surface area contributed by atoms with Crippen molar-refractivity contribution in [1.82, 2.24) is 24.4 Å². The van der Waals surface area contributed by atoms with Gasteiger partial charge in [-0.2, -0.15) is 4.68 Å². The molecule has 1 fully saturated rings. The van der Waals surface area contributed by atoms with E-state index in [1.165, 1.54) is 14.9 Å². The van der Waals surface area contributed by atoms with Crippen LogP contribution < -0.4 is 10.4 Å². The Kier molecular flexibility index (Phi) is 3.43. The third-order valence-electron chi connectivity index (χ3n) is 4.62. The minimum Gasteiger partial charge on any atom is -0.488 e. The first-order valence-corrected chi connectivity index (χ1v) is 8.33. The molecule has 0 amide bonds. The highest BCUT2D eigenvalue weighted by Gasteiger charge is 2.31. The molecule has 0 saturated heterocycles. The predicted molar refractivity (Wildman–Crippen MR) is 93.1 cm³/mol. The fourth-order valence-corrected chi connectivity index (χ4v) is 3.12. The second kappa shape index (κ2) is 5.91. The summed E-state index contributed by atoms with van der Waals surface area (Å²) in [6.45, 7) is 2.26. The SMILES string of the molecule is [3H]c1ccc(OCc2c(C3CC3)cn(C)c2-n2nnn(C)c2=O)c(C)c1. The molecule has 130 valence electrons. The van der Waals surface area contributed by atoms with Gasteiger partial charge in [0.1, 0.15) is 18.2 Å². The molecular formula is C18H21N5O2. The second-order valence-corrected chi connectivity index (χ2v) is 6.55. The van der Waals surface area contributed by atoms with Crippen LogP contribution in [0.3, 0.4) is 0 Å². The first-order valence-electron chi connectivity index (χ1n) is 8.83. The van der Waals surface area contributed by atoms with E-state index in [-0.39, 0.29) is 5.69 Å². The number of aromatic nitrogens is 5. The van der Waals surface area contributed by atoms with Crippen LogP contribution in [-0.4, -0.2) is 24.4 Å². The molecule has 0 aliphatic heterocycles. The van der Waals surface area contributed by atoms with Gasteiger partial charge in [-0.3, -0.25) is 0 Å². The minimum atomic E-state index is -0.287. The Morgan fingerprint density at radius 1 is 1.32 bits per heavy atom. The van der Waals surface area contributed by atoms with E-state index in [1.54, 1.807) is 19.2 Å². The first-order chi connectivity index (χ1) is 12.5. The highest BCUT2D eigenvalue weighted by molar-refractivity contribution is 5.45. The molecule has 25 heavy (non-hydrogen) atoms. The lowest BCUT2D eigenvalue weighted by molar-refractivity contribution is 0.302. The number of para-hydroxylation sites is 1. The molecule has 0 atom stereocenters. The van der Waals surface area contributed by atoms with Gasteiger partial charge in [0.2, 0.25) is 0 Å². The third-order valence-corrected chi connectivity index (χ3v) is 4.62. The van der Waals surface area contributed by atoms with Crippen molar-refractivity contribution in [3.63, 3.8) is 0 Å². The van der Waals surface area contributed by atoms with Gasteiger partial charge < -0.3 is 9.30 Å². The molecule has 4 rings (SSSR count). The second-order valence-electron chi connectivity index (χ2n) is 6.55. The van der Waals surface area contributed by atoms with Crippen molar-refractivity contribution >= 4 is 0 Å². The lowest BCUT2D eigenvalue weighted by Crippen LogP contribution is -2.24. The number of aryl methyl sites for hydroxylation is 3. The van der Waals surface area contributed by atoms with Crippen LogP contribution in [-0.2, 0) is 20.7 Å². The molecule has 1 aliphatic carbocycles. The molecule has 2 aromatic heterocycles. The summed E-state index contributed by atoms with van der Waals surface area (Å²) in [5.41, 5.74) is 2.80. The smallest absolute Gasteiger partial charge is 0.369 e. The Morgan fingerprint density at radius 2 is 2.12 bits per heavy atom. The molecule has 0 unspecified atom stereocenters. The highest BCUT2D eigenvalue weighted by atomic mass is 16.5. The zero-order valence-corrected chi connectivity index (χ0v) is 14.6. The Hall–Kier alpha value is -2.83. The van der Waals surface area contributed by atoms with E-state index < -0.39 is 0 Å². The van der Waals surface area contributed by atoms with Crippen molar-refractivity contribution in [1.29, 1.82) is 0 Å². The Balaban J connectivity index is 1.74. The maximum absolute atomic E-state index is 12.4. The summed E-state index contributed by atoms with van der Waals surface area (Å²) in [6.07, 6.45) is 4.36. The standard InChI is InChI=1S/C18H21N5O2/c1-12-6-4-5-7-16(12)25-11-15-14(13-8-9-13)10-21(2)17(15)23-18(24)22(3)19-20-23/h4-7,10,13H,8-9,11H2,1-3H3/i4T. The molecule has 7 heteroatoms. The normalized spacial score (nSPS) is 14.6. The summed E-state index contributed by atoms with van der Waals surface area (Å²) in [4.78, 5) is 12.4. The van der Waals surface area contributed by atoms with Crippen LogP contribution in [0.1, 0.15) is 36.8 Å². The lowest BCUT2D eigenvalue weighted by Gasteiger charge is -2.11. The van der Waals surface area contributed by atoms with Crippen LogP contribution >= 0.6 is 0 Å². The van der Waals surface area contributed by atoms with Crippen LogP contribution in [0.15, 0.2) is 35.2 Å². The van der Waals surface area contributed by atoms with E-state index in [4.69, 9.17) is 6.11 Å². The Morgan fingerprint density at radius 3 is 2.76 bits per heavy atom. The fraction of sp³-hybridized carbons (Fsp3) is 0.389. The lowest BCUT2D eigenvalue weighted by atomic mass is 10.1. The summed E-state index contributed by atoms with van der Waals surface area (Å²) < 4.78 is 18.2. The number of hydrogen-bond donors (Lipinski definition) is 0. The molecule has 0 spiro atoms. The molecule has 1 saturated carbocycles. The van der Waals surface area contributed by atoms with Crippen molar-refractivity contribution in [2.45, 2.75) is 32.3 Å². The molecule has 1 aliphatic rings. The highest BCUT2D eigenvalue weighted by Crippen LogP contribution is 2.43. The molecule has 0 bridgehead atoms. The van der Waals surface area contributed by atoms with Crippen LogP contribution in [0.4, 0.5) is 0 Å². The summed E-state index contributed by atoms with van der Waals surface area (Å²) in [7, 11) is 3.49. The molecule has 1 aromatic carbocycles. The maximum Gasteiger partial charge on any atom is 0.369 e. The van der Waals surface area contributed by atoms with Gasteiger partial charge in [0, 0.05) is 25.9 Å². The van der Waals surface area contributed by atoms with E-state index in [1.807, 2.05) is 24.6 Å². The molecule has 0 N–H and O–H groups in total. The number of tetrazole rings is 1. The number of ether oxygens (including phenoxy) is 1. The average Bonchev–Trinajstić information content (AvgIpc) is 3.32. The van der Waals surface area contributed by atoms with E-state index in [0.717, 1.165) is 29.7 Å². The van der Waals surface area contributed by atoms with Crippen LogP contribution in [0.5, 0.6) is 5.75 Å².